The molecule has 0 saturated heterocycles. The van der Waals surface area contributed by atoms with Crippen LogP contribution in [0.1, 0.15) is 33.9 Å². The quantitative estimate of drug-likeness (QED) is 0.332. The minimum Gasteiger partial charge on any atom is -0.285 e. The summed E-state index contributed by atoms with van der Waals surface area (Å²) in [5, 5.41) is 3.96. The van der Waals surface area contributed by atoms with Crippen LogP contribution in [0.2, 0.25) is 0 Å². The number of aromatic nitrogens is 5. The molecule has 4 heterocycles. The van der Waals surface area contributed by atoms with Crippen LogP contribution in [0, 0.1) is 13.8 Å². The number of hydrogen-bond donors (Lipinski definition) is 0. The smallest absolute Gasteiger partial charge is 0.285 e. The Balaban J connectivity index is 1.93. The number of nitrogens with zero attached hydrogens (tertiary/aromatic N) is 5. The first-order valence-electron chi connectivity index (χ1n) is 10.1. The van der Waals surface area contributed by atoms with Crippen LogP contribution in [0.3, 0.4) is 0 Å². The van der Waals surface area contributed by atoms with E-state index in [1.807, 2.05) is 0 Å². The lowest BCUT2D eigenvalue weighted by atomic mass is 10.1. The van der Waals surface area contributed by atoms with Crippen molar-refractivity contribution in [1.82, 2.24) is 24.7 Å². The largest absolute Gasteiger partial charge is 0.433 e. The number of aryl methyl sites for hydroxylation is 2. The van der Waals surface area contributed by atoms with E-state index in [-0.39, 0.29) is 22.3 Å². The zero-order chi connectivity index (χ0) is 26.4. The topological polar surface area (TPSA) is 73.6 Å². The normalized spacial score (nSPS) is 12.9. The number of pyridine rings is 3. The highest BCUT2D eigenvalue weighted by molar-refractivity contribution is 5.82. The second-order valence-electron chi connectivity index (χ2n) is 7.71. The van der Waals surface area contributed by atoms with Crippen molar-refractivity contribution < 1.29 is 30.7 Å². The van der Waals surface area contributed by atoms with E-state index in [1.54, 1.807) is 13.8 Å². The minimum absolute atomic E-state index is 0.0321. The lowest BCUT2D eigenvalue weighted by Crippen LogP contribution is -2.19. The van der Waals surface area contributed by atoms with Crippen LogP contribution < -0.4 is 5.43 Å². The summed E-state index contributed by atoms with van der Waals surface area (Å²) in [6, 6.07) is 4.92. The van der Waals surface area contributed by atoms with Crippen molar-refractivity contribution in [2.75, 3.05) is 0 Å². The van der Waals surface area contributed by atoms with E-state index in [9.17, 15) is 31.1 Å². The van der Waals surface area contributed by atoms with Crippen molar-refractivity contribution in [1.29, 1.82) is 0 Å². The van der Waals surface area contributed by atoms with Crippen LogP contribution in [-0.2, 0) is 12.4 Å². The fraction of sp³-hybridized carbons (Fsp3) is 0.174. The van der Waals surface area contributed by atoms with E-state index in [1.165, 1.54) is 6.07 Å². The molecule has 6 nitrogen and oxygen atoms in total. The molecule has 0 spiro atoms. The Morgan fingerprint density at radius 2 is 1.64 bits per heavy atom. The molecule has 4 rings (SSSR count). The summed E-state index contributed by atoms with van der Waals surface area (Å²) in [4.78, 5) is 23.8. The average Bonchev–Trinajstić information content (AvgIpc) is 2.80. The molecule has 0 fully saturated rings. The molecule has 36 heavy (non-hydrogen) atoms. The number of halogens is 7. The molecule has 4 aromatic heterocycles. The van der Waals surface area contributed by atoms with E-state index in [4.69, 9.17) is 0 Å². The van der Waals surface area contributed by atoms with Crippen LogP contribution in [0.5, 0.6) is 0 Å². The van der Waals surface area contributed by atoms with Crippen LogP contribution in [0.15, 0.2) is 47.5 Å². The van der Waals surface area contributed by atoms with Gasteiger partial charge in [0.2, 0.25) is 5.43 Å². The van der Waals surface area contributed by atoms with Gasteiger partial charge in [0.05, 0.1) is 17.4 Å². The van der Waals surface area contributed by atoms with Gasteiger partial charge in [-0.1, -0.05) is 0 Å². The summed E-state index contributed by atoms with van der Waals surface area (Å²) >= 11 is 0. The van der Waals surface area contributed by atoms with Crippen molar-refractivity contribution in [3.05, 3.63) is 86.9 Å². The van der Waals surface area contributed by atoms with Gasteiger partial charge in [0.25, 0.3) is 0 Å². The van der Waals surface area contributed by atoms with E-state index in [0.29, 0.717) is 29.5 Å². The van der Waals surface area contributed by atoms with Gasteiger partial charge in [-0.05, 0) is 61.4 Å². The Hall–Kier alpha value is -4.16. The van der Waals surface area contributed by atoms with Crippen molar-refractivity contribution in [3.8, 4) is 5.69 Å². The minimum atomic E-state index is -4.77. The lowest BCUT2D eigenvalue weighted by molar-refractivity contribution is -0.142. The number of hydrogen-bond acceptors (Lipinski definition) is 5. The second-order valence-corrected chi connectivity index (χ2v) is 7.71. The molecular formula is C23H14F7N5O. The molecule has 0 aliphatic rings. The lowest BCUT2D eigenvalue weighted by Gasteiger charge is -2.13. The first-order valence-corrected chi connectivity index (χ1v) is 10.1. The van der Waals surface area contributed by atoms with Crippen molar-refractivity contribution in [2.45, 2.75) is 26.2 Å². The van der Waals surface area contributed by atoms with Crippen molar-refractivity contribution in [3.63, 3.8) is 0 Å². The third-order valence-corrected chi connectivity index (χ3v) is 5.18. The second kappa shape index (κ2) is 8.81. The predicted octanol–water partition coefficient (Wildman–Crippen LogP) is 5.69. The molecule has 0 atom stereocenters. The van der Waals surface area contributed by atoms with Gasteiger partial charge >= 0.3 is 12.4 Å². The molecule has 0 unspecified atom stereocenters. The first-order chi connectivity index (χ1) is 16.8. The van der Waals surface area contributed by atoms with Crippen LogP contribution in [0.4, 0.5) is 30.7 Å². The summed E-state index contributed by atoms with van der Waals surface area (Å²) in [5.41, 5.74) is -3.59. The van der Waals surface area contributed by atoms with E-state index in [0.717, 1.165) is 29.2 Å². The highest BCUT2D eigenvalue weighted by Crippen LogP contribution is 2.30. The maximum atomic E-state index is 15.2. The van der Waals surface area contributed by atoms with Gasteiger partial charge in [-0.25, -0.2) is 19.0 Å². The standard InChI is InChI=1S/C23H14F7N5O/c1-11-7-16-20(33-12(11)2)21(36)19(15(24)8-13-5-6-31-18(9-13)23(28,29)30)34-35(16)14-3-4-17(32-10-14)22(25,26)27/h3-10H,1-2H3/b15-8-. The Morgan fingerprint density at radius 1 is 0.944 bits per heavy atom. The molecule has 0 bridgehead atoms. The van der Waals surface area contributed by atoms with Crippen molar-refractivity contribution in [2.24, 2.45) is 0 Å². The first kappa shape index (κ1) is 24.9. The highest BCUT2D eigenvalue weighted by atomic mass is 19.4. The van der Waals surface area contributed by atoms with Gasteiger partial charge in [0.1, 0.15) is 16.9 Å². The molecule has 0 saturated carbocycles. The van der Waals surface area contributed by atoms with E-state index in [2.05, 4.69) is 20.1 Å². The molecule has 0 aliphatic carbocycles. The molecule has 0 aromatic carbocycles. The Morgan fingerprint density at radius 3 is 2.25 bits per heavy atom. The zero-order valence-electron chi connectivity index (χ0n) is 18.4. The molecule has 0 amide bonds. The fourth-order valence-electron chi connectivity index (χ4n) is 3.27. The van der Waals surface area contributed by atoms with Gasteiger partial charge in [-0.2, -0.15) is 31.4 Å². The molecule has 13 heteroatoms. The van der Waals surface area contributed by atoms with Gasteiger partial charge in [0.15, 0.2) is 11.5 Å². The predicted molar refractivity (Wildman–Crippen MR) is 116 cm³/mol. The molecule has 0 radical (unpaired) electrons. The third kappa shape index (κ3) is 4.81. The van der Waals surface area contributed by atoms with Gasteiger partial charge in [-0.15, -0.1) is 0 Å². The van der Waals surface area contributed by atoms with E-state index >= 15 is 4.39 Å². The zero-order valence-corrected chi connectivity index (χ0v) is 18.4. The highest BCUT2D eigenvalue weighted by Gasteiger charge is 2.33. The summed E-state index contributed by atoms with van der Waals surface area (Å²) in [6.45, 7) is 3.28. The summed E-state index contributed by atoms with van der Waals surface area (Å²) in [7, 11) is 0. The summed E-state index contributed by atoms with van der Waals surface area (Å²) in [6.07, 6.45) is -7.13. The van der Waals surface area contributed by atoms with Crippen LogP contribution in [0.25, 0.3) is 28.6 Å². The van der Waals surface area contributed by atoms with Gasteiger partial charge in [-0.3, -0.25) is 9.78 Å². The third-order valence-electron chi connectivity index (χ3n) is 5.18. The Bertz CT molecular complexity index is 1560. The molecule has 0 aliphatic heterocycles. The van der Waals surface area contributed by atoms with Crippen LogP contribution in [-0.4, -0.2) is 24.7 Å². The molecule has 186 valence electrons. The SMILES string of the molecule is Cc1cc2c(nc1C)c(=O)c(/C(F)=C/c1ccnc(C(F)(F)F)c1)nn2-c1ccc(C(F)(F)F)nc1. The van der Waals surface area contributed by atoms with E-state index < -0.39 is 40.7 Å². The average molecular weight is 509 g/mol. The maximum Gasteiger partial charge on any atom is 0.433 e. The molecule has 4 aromatic rings. The van der Waals surface area contributed by atoms with Crippen molar-refractivity contribution >= 4 is 22.9 Å². The fourth-order valence-corrected chi connectivity index (χ4v) is 3.27. The number of fused-ring (bicyclic) bond motifs is 1. The number of alkyl halides is 6. The summed E-state index contributed by atoms with van der Waals surface area (Å²) in [5.74, 6) is -1.28. The van der Waals surface area contributed by atoms with Crippen LogP contribution >= 0.6 is 0 Å². The molecular weight excluding hydrogens is 495 g/mol. The maximum absolute atomic E-state index is 15.2. The number of rotatable bonds is 3. The Kier molecular flexibility index (Phi) is 6.10. The monoisotopic (exact) mass is 509 g/mol. The summed E-state index contributed by atoms with van der Waals surface area (Å²) < 4.78 is 93.9. The van der Waals surface area contributed by atoms with Gasteiger partial charge in [0, 0.05) is 11.9 Å². The van der Waals surface area contributed by atoms with Gasteiger partial charge < -0.3 is 0 Å². The molecule has 0 N–H and O–H groups in total. The Labute approximate surface area is 197 Å².